The van der Waals surface area contributed by atoms with E-state index in [1.807, 2.05) is 18.7 Å². The average molecular weight is 225 g/mol. The van der Waals surface area contributed by atoms with Crippen molar-refractivity contribution in [3.8, 4) is 0 Å². The van der Waals surface area contributed by atoms with Crippen LogP contribution in [0.3, 0.4) is 0 Å². The Bertz CT molecular complexity index is 238. The van der Waals surface area contributed by atoms with Crippen LogP contribution in [0.25, 0.3) is 0 Å². The van der Waals surface area contributed by atoms with E-state index in [0.717, 1.165) is 19.5 Å². The van der Waals surface area contributed by atoms with Crippen LogP contribution in [0.5, 0.6) is 0 Å². The molecule has 3 nitrogen and oxygen atoms in total. The van der Waals surface area contributed by atoms with Crippen LogP contribution in [0, 0.1) is 5.92 Å². The summed E-state index contributed by atoms with van der Waals surface area (Å²) in [6, 6.07) is 0. The van der Waals surface area contributed by atoms with Crippen LogP contribution in [0.1, 0.15) is 46.0 Å². The molecule has 0 aromatic carbocycles. The maximum absolute atomic E-state index is 12.1. The smallest absolute Gasteiger partial charge is 0.223 e. The number of hydrogen-bond acceptors (Lipinski definition) is 2. The predicted molar refractivity (Wildman–Crippen MR) is 63.2 cm³/mol. The van der Waals surface area contributed by atoms with Crippen molar-refractivity contribution in [2.45, 2.75) is 58.2 Å². The molecule has 2 fully saturated rings. The molecule has 92 valence electrons. The van der Waals surface area contributed by atoms with E-state index in [4.69, 9.17) is 4.74 Å². The molecule has 0 spiro atoms. The fourth-order valence-corrected chi connectivity index (χ4v) is 2.97. The summed E-state index contributed by atoms with van der Waals surface area (Å²) in [6.45, 7) is 5.64. The zero-order valence-electron chi connectivity index (χ0n) is 10.4. The second kappa shape index (κ2) is 5.17. The van der Waals surface area contributed by atoms with Crippen molar-refractivity contribution >= 4 is 5.91 Å². The molecule has 1 saturated carbocycles. The summed E-state index contributed by atoms with van der Waals surface area (Å²) < 4.78 is 5.64. The molecule has 1 saturated heterocycles. The molecule has 1 amide bonds. The maximum Gasteiger partial charge on any atom is 0.223 e. The number of rotatable bonds is 2. The monoisotopic (exact) mass is 225 g/mol. The van der Waals surface area contributed by atoms with Crippen LogP contribution < -0.4 is 0 Å². The molecule has 2 aliphatic rings. The number of amides is 1. The number of carbonyl (C=O) groups is 1. The Kier molecular flexibility index (Phi) is 3.85. The van der Waals surface area contributed by atoms with Gasteiger partial charge in [0.2, 0.25) is 5.91 Å². The second-order valence-corrected chi connectivity index (χ2v) is 5.41. The molecule has 3 heteroatoms. The zero-order valence-corrected chi connectivity index (χ0v) is 10.4. The average Bonchev–Trinajstić information content (AvgIpc) is 2.68. The lowest BCUT2D eigenvalue weighted by molar-refractivity contribution is -0.144. The topological polar surface area (TPSA) is 29.5 Å². The van der Waals surface area contributed by atoms with Gasteiger partial charge in [-0.1, -0.05) is 12.8 Å². The van der Waals surface area contributed by atoms with E-state index in [1.165, 1.54) is 25.7 Å². The highest BCUT2D eigenvalue weighted by Crippen LogP contribution is 2.28. The fraction of sp³-hybridized carbons (Fsp3) is 0.923. The summed E-state index contributed by atoms with van der Waals surface area (Å²) in [5.41, 5.74) is 0. The highest BCUT2D eigenvalue weighted by atomic mass is 16.5. The molecule has 0 radical (unpaired) electrons. The molecule has 2 atom stereocenters. The van der Waals surface area contributed by atoms with Gasteiger partial charge in [-0.3, -0.25) is 4.79 Å². The molecule has 2 rings (SSSR count). The Morgan fingerprint density at radius 1 is 1.19 bits per heavy atom. The van der Waals surface area contributed by atoms with Crippen molar-refractivity contribution in [1.82, 2.24) is 4.90 Å². The minimum Gasteiger partial charge on any atom is -0.372 e. The summed E-state index contributed by atoms with van der Waals surface area (Å²) >= 11 is 0. The lowest BCUT2D eigenvalue weighted by Crippen LogP contribution is -2.48. The molecule has 0 N–H and O–H groups in total. The van der Waals surface area contributed by atoms with E-state index >= 15 is 0 Å². The third-order valence-electron chi connectivity index (χ3n) is 3.71. The van der Waals surface area contributed by atoms with E-state index < -0.39 is 0 Å². The lowest BCUT2D eigenvalue weighted by Gasteiger charge is -2.35. The molecule has 1 heterocycles. The highest BCUT2D eigenvalue weighted by molar-refractivity contribution is 5.76. The summed E-state index contributed by atoms with van der Waals surface area (Å²) in [5, 5.41) is 0. The van der Waals surface area contributed by atoms with E-state index in [1.54, 1.807) is 0 Å². The van der Waals surface area contributed by atoms with Gasteiger partial charge in [-0.15, -0.1) is 0 Å². The maximum atomic E-state index is 12.1. The predicted octanol–water partition coefficient (Wildman–Crippen LogP) is 2.20. The molecule has 0 aromatic rings. The first-order valence-corrected chi connectivity index (χ1v) is 6.58. The Morgan fingerprint density at radius 3 is 2.31 bits per heavy atom. The van der Waals surface area contributed by atoms with Gasteiger partial charge in [-0.2, -0.15) is 0 Å². The van der Waals surface area contributed by atoms with E-state index in [0.29, 0.717) is 11.8 Å². The molecule has 16 heavy (non-hydrogen) atoms. The van der Waals surface area contributed by atoms with Crippen LogP contribution in [0.4, 0.5) is 0 Å². The van der Waals surface area contributed by atoms with Crippen LogP contribution in [0.15, 0.2) is 0 Å². The van der Waals surface area contributed by atoms with Crippen LogP contribution in [-0.2, 0) is 9.53 Å². The fourth-order valence-electron chi connectivity index (χ4n) is 2.97. The quantitative estimate of drug-likeness (QED) is 0.721. The van der Waals surface area contributed by atoms with Crippen molar-refractivity contribution in [3.05, 3.63) is 0 Å². The first-order chi connectivity index (χ1) is 7.65. The molecular formula is C13H23NO2. The SMILES string of the molecule is CC1CN(C(=O)CC2CCCC2)CC(C)O1. The third-order valence-corrected chi connectivity index (χ3v) is 3.71. The van der Waals surface area contributed by atoms with Gasteiger partial charge in [0, 0.05) is 19.5 Å². The molecule has 1 aliphatic heterocycles. The number of nitrogens with zero attached hydrogens (tertiary/aromatic N) is 1. The van der Waals surface area contributed by atoms with Gasteiger partial charge in [-0.25, -0.2) is 0 Å². The van der Waals surface area contributed by atoms with Gasteiger partial charge < -0.3 is 9.64 Å². The number of hydrogen-bond donors (Lipinski definition) is 0. The summed E-state index contributed by atoms with van der Waals surface area (Å²) in [4.78, 5) is 14.1. The zero-order chi connectivity index (χ0) is 11.5. The van der Waals surface area contributed by atoms with Crippen molar-refractivity contribution in [2.75, 3.05) is 13.1 Å². The van der Waals surface area contributed by atoms with Crippen molar-refractivity contribution < 1.29 is 9.53 Å². The van der Waals surface area contributed by atoms with Gasteiger partial charge in [0.25, 0.3) is 0 Å². The van der Waals surface area contributed by atoms with Crippen molar-refractivity contribution in [3.63, 3.8) is 0 Å². The first-order valence-electron chi connectivity index (χ1n) is 6.58. The molecular weight excluding hydrogens is 202 g/mol. The molecule has 0 aromatic heterocycles. The van der Waals surface area contributed by atoms with Crippen molar-refractivity contribution in [2.24, 2.45) is 5.92 Å². The molecule has 1 aliphatic carbocycles. The molecule has 2 unspecified atom stereocenters. The first kappa shape index (κ1) is 11.9. The minimum absolute atomic E-state index is 0.191. The van der Waals surface area contributed by atoms with Gasteiger partial charge in [-0.05, 0) is 32.6 Å². The largest absolute Gasteiger partial charge is 0.372 e. The number of ether oxygens (including phenoxy) is 1. The third kappa shape index (κ3) is 2.97. The second-order valence-electron chi connectivity index (χ2n) is 5.41. The van der Waals surface area contributed by atoms with Crippen molar-refractivity contribution in [1.29, 1.82) is 0 Å². The van der Waals surface area contributed by atoms with Gasteiger partial charge in [0.1, 0.15) is 0 Å². The van der Waals surface area contributed by atoms with Crippen LogP contribution in [-0.4, -0.2) is 36.1 Å². The Labute approximate surface area is 98.1 Å². The standard InChI is InChI=1S/C13H23NO2/c1-10-8-14(9-11(2)16-10)13(15)7-12-5-3-4-6-12/h10-12H,3-9H2,1-2H3. The molecule has 0 bridgehead atoms. The Balaban J connectivity index is 1.83. The van der Waals surface area contributed by atoms with Gasteiger partial charge in [0.15, 0.2) is 0 Å². The minimum atomic E-state index is 0.191. The van der Waals surface area contributed by atoms with E-state index in [9.17, 15) is 4.79 Å². The Morgan fingerprint density at radius 2 is 1.75 bits per heavy atom. The number of morpholine rings is 1. The summed E-state index contributed by atoms with van der Waals surface area (Å²) in [7, 11) is 0. The highest BCUT2D eigenvalue weighted by Gasteiger charge is 2.28. The van der Waals surface area contributed by atoms with Crippen LogP contribution >= 0.6 is 0 Å². The normalized spacial score (nSPS) is 32.0. The number of carbonyl (C=O) groups excluding carboxylic acids is 1. The summed E-state index contributed by atoms with van der Waals surface area (Å²) in [6.07, 6.45) is 6.27. The van der Waals surface area contributed by atoms with Gasteiger partial charge >= 0.3 is 0 Å². The lowest BCUT2D eigenvalue weighted by atomic mass is 10.0. The van der Waals surface area contributed by atoms with E-state index in [-0.39, 0.29) is 12.2 Å². The van der Waals surface area contributed by atoms with Gasteiger partial charge in [0.05, 0.1) is 12.2 Å². The summed E-state index contributed by atoms with van der Waals surface area (Å²) in [5.74, 6) is 0.995. The van der Waals surface area contributed by atoms with E-state index in [2.05, 4.69) is 0 Å². The van der Waals surface area contributed by atoms with Crippen LogP contribution in [0.2, 0.25) is 0 Å². The Hall–Kier alpha value is -0.570.